The van der Waals surface area contributed by atoms with Crippen LogP contribution in [0.25, 0.3) is 0 Å². The zero-order valence-electron chi connectivity index (χ0n) is 13.8. The molecule has 1 fully saturated rings. The lowest BCUT2D eigenvalue weighted by Crippen LogP contribution is -2.46. The van der Waals surface area contributed by atoms with Crippen LogP contribution in [0.3, 0.4) is 0 Å². The van der Waals surface area contributed by atoms with E-state index in [0.29, 0.717) is 12.1 Å². The molecule has 1 amide bonds. The Kier molecular flexibility index (Phi) is 5.98. The Morgan fingerprint density at radius 3 is 2.43 bits per heavy atom. The molecule has 2 rings (SSSR count). The maximum Gasteiger partial charge on any atom is 0.337 e. The van der Waals surface area contributed by atoms with Gasteiger partial charge < -0.3 is 20.2 Å². The molecule has 0 aromatic heterocycles. The van der Waals surface area contributed by atoms with Crippen molar-refractivity contribution in [3.63, 3.8) is 0 Å². The number of carbonyl (C=O) groups excluding carboxylic acids is 1. The number of nitrogens with one attached hydrogen (secondary N) is 1. The number of benzene rings is 1. The first-order chi connectivity index (χ1) is 11.0. The number of carbonyl (C=O) groups is 2. The van der Waals surface area contributed by atoms with E-state index in [4.69, 9.17) is 0 Å². The van der Waals surface area contributed by atoms with Gasteiger partial charge in [-0.2, -0.15) is 0 Å². The van der Waals surface area contributed by atoms with Crippen LogP contribution in [0.5, 0.6) is 0 Å². The normalized spacial score (nSPS) is 15.5. The van der Waals surface area contributed by atoms with Gasteiger partial charge in [0.05, 0.1) is 11.3 Å². The van der Waals surface area contributed by atoms with Crippen LogP contribution in [0.4, 0.5) is 11.4 Å². The molecule has 1 aliphatic heterocycles. The third-order valence-corrected chi connectivity index (χ3v) is 4.17. The van der Waals surface area contributed by atoms with E-state index >= 15 is 0 Å². The van der Waals surface area contributed by atoms with Crippen LogP contribution < -0.4 is 10.2 Å². The molecule has 0 radical (unpaired) electrons. The van der Waals surface area contributed by atoms with Gasteiger partial charge >= 0.3 is 5.97 Å². The lowest BCUT2D eigenvalue weighted by Gasteiger charge is -2.35. The summed E-state index contributed by atoms with van der Waals surface area (Å²) in [6.45, 7) is 8.82. The molecule has 1 saturated heterocycles. The predicted molar refractivity (Wildman–Crippen MR) is 91.3 cm³/mol. The monoisotopic (exact) mass is 319 g/mol. The number of carboxylic acid groups (broad SMARTS) is 1. The molecule has 2 N–H and O–H groups in total. The van der Waals surface area contributed by atoms with Gasteiger partial charge in [-0.25, -0.2) is 4.79 Å². The van der Waals surface area contributed by atoms with Crippen LogP contribution in [-0.2, 0) is 4.79 Å². The number of piperazine rings is 1. The smallest absolute Gasteiger partial charge is 0.337 e. The number of hydrogen-bond donors (Lipinski definition) is 2. The van der Waals surface area contributed by atoms with Gasteiger partial charge in [-0.05, 0) is 31.2 Å². The molecule has 0 spiro atoms. The van der Waals surface area contributed by atoms with Crippen molar-refractivity contribution in [3.8, 4) is 0 Å². The third kappa shape index (κ3) is 4.45. The van der Waals surface area contributed by atoms with Crippen LogP contribution >= 0.6 is 0 Å². The lowest BCUT2D eigenvalue weighted by atomic mass is 10.1. The fourth-order valence-electron chi connectivity index (χ4n) is 2.78. The summed E-state index contributed by atoms with van der Waals surface area (Å²) in [5.41, 5.74) is 1.41. The fraction of sp³-hybridized carbons (Fsp3) is 0.529. The molecule has 1 heterocycles. The van der Waals surface area contributed by atoms with Crippen molar-refractivity contribution in [2.45, 2.75) is 26.7 Å². The molecular formula is C17H25N3O3. The number of likely N-dealkylation sites (N-methyl/N-ethyl adjacent to an activating group) is 1. The Bertz CT molecular complexity index is 566. The molecule has 1 aliphatic rings. The quantitative estimate of drug-likeness (QED) is 0.841. The van der Waals surface area contributed by atoms with Crippen molar-refractivity contribution in [1.29, 1.82) is 0 Å². The zero-order valence-corrected chi connectivity index (χ0v) is 13.8. The molecule has 0 unspecified atom stereocenters. The number of amides is 1. The summed E-state index contributed by atoms with van der Waals surface area (Å²) in [5, 5.41) is 12.1. The summed E-state index contributed by atoms with van der Waals surface area (Å²) < 4.78 is 0. The minimum atomic E-state index is -1.02. The maximum absolute atomic E-state index is 11.7. The summed E-state index contributed by atoms with van der Waals surface area (Å²) in [7, 11) is 0. The number of rotatable bonds is 6. The first-order valence-electron chi connectivity index (χ1n) is 8.19. The third-order valence-electron chi connectivity index (χ3n) is 4.17. The van der Waals surface area contributed by atoms with Crippen molar-refractivity contribution in [3.05, 3.63) is 23.8 Å². The SMILES string of the molecule is CCCC(=O)Nc1ccc(N2CCN(CC)CC2)cc1C(=O)O. The van der Waals surface area contributed by atoms with Crippen LogP contribution in [-0.4, -0.2) is 54.6 Å². The number of anilines is 2. The highest BCUT2D eigenvalue weighted by atomic mass is 16.4. The largest absolute Gasteiger partial charge is 0.478 e. The predicted octanol–water partition coefficient (Wildman–Crippen LogP) is 2.27. The number of hydrogen-bond acceptors (Lipinski definition) is 4. The fourth-order valence-corrected chi connectivity index (χ4v) is 2.78. The van der Waals surface area contributed by atoms with Crippen LogP contribution in [0.1, 0.15) is 37.0 Å². The number of carboxylic acids is 1. The maximum atomic E-state index is 11.7. The van der Waals surface area contributed by atoms with Crippen LogP contribution in [0.15, 0.2) is 18.2 Å². The van der Waals surface area contributed by atoms with Gasteiger partial charge in [-0.1, -0.05) is 13.8 Å². The van der Waals surface area contributed by atoms with Gasteiger partial charge in [0.2, 0.25) is 5.91 Å². The minimum Gasteiger partial charge on any atom is -0.478 e. The molecular weight excluding hydrogens is 294 g/mol. The molecule has 0 saturated carbocycles. The van der Waals surface area contributed by atoms with E-state index in [1.54, 1.807) is 12.1 Å². The topological polar surface area (TPSA) is 72.9 Å². The van der Waals surface area contributed by atoms with Gasteiger partial charge in [-0.3, -0.25) is 4.79 Å². The Morgan fingerprint density at radius 1 is 1.17 bits per heavy atom. The number of nitrogens with zero attached hydrogens (tertiary/aromatic N) is 2. The molecule has 6 heteroatoms. The molecule has 1 aromatic rings. The summed E-state index contributed by atoms with van der Waals surface area (Å²) in [6, 6.07) is 5.24. The van der Waals surface area contributed by atoms with Crippen molar-refractivity contribution in [2.24, 2.45) is 0 Å². The van der Waals surface area contributed by atoms with E-state index in [9.17, 15) is 14.7 Å². The molecule has 23 heavy (non-hydrogen) atoms. The molecule has 6 nitrogen and oxygen atoms in total. The average Bonchev–Trinajstić information content (AvgIpc) is 2.55. The van der Waals surface area contributed by atoms with Gasteiger partial charge in [0.1, 0.15) is 0 Å². The second-order valence-electron chi connectivity index (χ2n) is 5.75. The highest BCUT2D eigenvalue weighted by molar-refractivity contribution is 6.01. The van der Waals surface area contributed by atoms with Crippen LogP contribution in [0, 0.1) is 0 Å². The van der Waals surface area contributed by atoms with Gasteiger partial charge in [0.25, 0.3) is 0 Å². The Balaban J connectivity index is 2.16. The van der Waals surface area contributed by atoms with Crippen molar-refractivity contribution in [2.75, 3.05) is 42.9 Å². The first kappa shape index (κ1) is 17.3. The summed E-state index contributed by atoms with van der Waals surface area (Å²) in [4.78, 5) is 27.8. The van der Waals surface area contributed by atoms with Crippen LogP contribution in [0.2, 0.25) is 0 Å². The standard InChI is InChI=1S/C17H25N3O3/c1-3-5-16(21)18-15-7-6-13(12-14(15)17(22)23)20-10-8-19(4-2)9-11-20/h6-7,12H,3-5,8-11H2,1-2H3,(H,18,21)(H,22,23). The molecule has 1 aromatic carbocycles. The second-order valence-corrected chi connectivity index (χ2v) is 5.75. The summed E-state index contributed by atoms with van der Waals surface area (Å²) in [6.07, 6.45) is 1.12. The van der Waals surface area contributed by atoms with Gasteiger partial charge in [-0.15, -0.1) is 0 Å². The Labute approximate surface area is 137 Å². The van der Waals surface area contributed by atoms with E-state index in [1.165, 1.54) is 0 Å². The van der Waals surface area contributed by atoms with Gasteiger partial charge in [0.15, 0.2) is 0 Å². The van der Waals surface area contributed by atoms with Crippen molar-refractivity contribution >= 4 is 23.3 Å². The Hall–Kier alpha value is -2.08. The van der Waals surface area contributed by atoms with Crippen molar-refractivity contribution in [1.82, 2.24) is 4.90 Å². The number of aromatic carboxylic acids is 1. The second kappa shape index (κ2) is 7.97. The summed E-state index contributed by atoms with van der Waals surface area (Å²) >= 11 is 0. The summed E-state index contributed by atoms with van der Waals surface area (Å²) in [5.74, 6) is -1.18. The molecule has 0 bridgehead atoms. The van der Waals surface area contributed by atoms with E-state index in [1.807, 2.05) is 13.0 Å². The average molecular weight is 319 g/mol. The molecule has 126 valence electrons. The Morgan fingerprint density at radius 2 is 1.87 bits per heavy atom. The van der Waals surface area contributed by atoms with E-state index in [2.05, 4.69) is 22.0 Å². The lowest BCUT2D eigenvalue weighted by molar-refractivity contribution is -0.116. The highest BCUT2D eigenvalue weighted by Crippen LogP contribution is 2.25. The van der Waals surface area contributed by atoms with E-state index < -0.39 is 5.97 Å². The highest BCUT2D eigenvalue weighted by Gasteiger charge is 2.19. The molecule has 0 atom stereocenters. The molecule has 0 aliphatic carbocycles. The first-order valence-corrected chi connectivity index (χ1v) is 8.19. The van der Waals surface area contributed by atoms with E-state index in [-0.39, 0.29) is 11.5 Å². The minimum absolute atomic E-state index is 0.143. The zero-order chi connectivity index (χ0) is 16.8. The van der Waals surface area contributed by atoms with Crippen molar-refractivity contribution < 1.29 is 14.7 Å². The van der Waals surface area contributed by atoms with E-state index in [0.717, 1.165) is 44.8 Å². The van der Waals surface area contributed by atoms with Gasteiger partial charge in [0, 0.05) is 38.3 Å².